The lowest BCUT2D eigenvalue weighted by atomic mass is 10.5. The van der Waals surface area contributed by atoms with Gasteiger partial charge in [-0.25, -0.2) is 0 Å². The highest BCUT2D eigenvalue weighted by atomic mass is 28.5. The summed E-state index contributed by atoms with van der Waals surface area (Å²) < 4.78 is 25.6. The van der Waals surface area contributed by atoms with Crippen LogP contribution in [0.15, 0.2) is 0 Å². The van der Waals surface area contributed by atoms with Crippen molar-refractivity contribution in [3.63, 3.8) is 0 Å². The highest BCUT2D eigenvalue weighted by Gasteiger charge is 2.46. The quantitative estimate of drug-likeness (QED) is 0.247. The van der Waals surface area contributed by atoms with Crippen molar-refractivity contribution < 1.29 is 17.1 Å². The molecule has 0 aromatic carbocycles. The molecule has 0 fully saturated rings. The predicted octanol–water partition coefficient (Wildman–Crippen LogP) is 6.15. The van der Waals surface area contributed by atoms with Crippen molar-refractivity contribution in [2.24, 2.45) is 0 Å². The van der Waals surface area contributed by atoms with Gasteiger partial charge in [-0.05, 0) is 70.0 Å². The summed E-state index contributed by atoms with van der Waals surface area (Å²) in [5.74, 6) is 0. The molecule has 26 heavy (non-hydrogen) atoms. The zero-order chi connectivity index (χ0) is 20.9. The maximum Gasteiger partial charge on any atom is 0.315 e. The Kier molecular flexibility index (Phi) is 10.5. The SMILES string of the molecule is CC[Si](C)(O[Si](C)(C)C)O[Si](C)(C)O[Si](C)(CCCOC)C[Si](C)(C)C. The molecular weight excluding hydrogens is 409 g/mol. The molecule has 0 saturated heterocycles. The molecule has 0 rings (SSSR count). The fraction of sp³-hybridized carbons (Fsp3) is 1.00. The van der Waals surface area contributed by atoms with E-state index in [-0.39, 0.29) is 0 Å². The van der Waals surface area contributed by atoms with Gasteiger partial charge >= 0.3 is 17.1 Å². The molecule has 9 heteroatoms. The first-order valence-corrected chi connectivity index (χ1v) is 25.3. The molecule has 0 heterocycles. The Hall–Kier alpha value is 0.924. The zero-order valence-corrected chi connectivity index (χ0v) is 24.7. The van der Waals surface area contributed by atoms with Crippen LogP contribution in [0.3, 0.4) is 0 Å². The fourth-order valence-corrected chi connectivity index (χ4v) is 32.1. The third kappa shape index (κ3) is 12.4. The van der Waals surface area contributed by atoms with Crippen LogP contribution >= 0.6 is 0 Å². The Morgan fingerprint density at radius 1 is 0.731 bits per heavy atom. The lowest BCUT2D eigenvalue weighted by molar-refractivity contribution is 0.197. The van der Waals surface area contributed by atoms with Gasteiger partial charge in [-0.15, -0.1) is 0 Å². The molecule has 0 aromatic rings. The number of methoxy groups -OCH3 is 1. The van der Waals surface area contributed by atoms with Crippen LogP contribution < -0.4 is 0 Å². The number of hydrogen-bond acceptors (Lipinski definition) is 4. The van der Waals surface area contributed by atoms with E-state index >= 15 is 0 Å². The second-order valence-corrected chi connectivity index (χ2v) is 33.0. The molecule has 2 unspecified atom stereocenters. The van der Waals surface area contributed by atoms with E-state index < -0.39 is 41.8 Å². The Morgan fingerprint density at radius 3 is 1.65 bits per heavy atom. The molecule has 0 bridgehead atoms. The van der Waals surface area contributed by atoms with Crippen molar-refractivity contribution >= 4 is 41.8 Å². The third-order valence-corrected chi connectivity index (χ3v) is 25.8. The molecule has 0 amide bonds. The van der Waals surface area contributed by atoms with Gasteiger partial charge in [0.1, 0.15) is 0 Å². The molecule has 2 atom stereocenters. The Morgan fingerprint density at radius 2 is 1.27 bits per heavy atom. The molecular formula is C17H46O4Si5. The number of hydrogen-bond donors (Lipinski definition) is 0. The van der Waals surface area contributed by atoms with Gasteiger partial charge in [-0.3, -0.25) is 0 Å². The predicted molar refractivity (Wildman–Crippen MR) is 127 cm³/mol. The van der Waals surface area contributed by atoms with E-state index in [0.717, 1.165) is 25.1 Å². The van der Waals surface area contributed by atoms with Gasteiger partial charge in [0.15, 0.2) is 16.6 Å². The second-order valence-electron chi connectivity index (χ2n) is 10.6. The van der Waals surface area contributed by atoms with E-state index in [9.17, 15) is 0 Å². The van der Waals surface area contributed by atoms with Crippen molar-refractivity contribution in [3.05, 3.63) is 0 Å². The molecule has 0 radical (unpaired) electrons. The average Bonchev–Trinajstić information content (AvgIpc) is 2.32. The summed E-state index contributed by atoms with van der Waals surface area (Å²) in [6.45, 7) is 26.2. The van der Waals surface area contributed by atoms with Crippen LogP contribution in [0.5, 0.6) is 0 Å². The second kappa shape index (κ2) is 10.1. The van der Waals surface area contributed by atoms with E-state index in [2.05, 4.69) is 72.4 Å². The Bertz CT molecular complexity index is 422. The standard InChI is InChI=1S/C17H46O4Si5/c1-13-26(12,19-23(6,7)8)21-24(9,10)20-25(11,16-14-15-18-2)17-22(3,4)5/h13-17H2,1-12H3. The largest absolute Gasteiger partial charge is 0.437 e. The molecule has 0 spiro atoms. The number of rotatable bonds is 13. The van der Waals surface area contributed by atoms with E-state index in [4.69, 9.17) is 17.1 Å². The zero-order valence-electron chi connectivity index (χ0n) is 19.7. The smallest absolute Gasteiger partial charge is 0.315 e. The summed E-state index contributed by atoms with van der Waals surface area (Å²) in [6.07, 6.45) is 1.09. The maximum absolute atomic E-state index is 6.96. The topological polar surface area (TPSA) is 36.9 Å². The van der Waals surface area contributed by atoms with E-state index in [1.807, 2.05) is 0 Å². The molecule has 0 aromatic heterocycles. The lowest BCUT2D eigenvalue weighted by Gasteiger charge is -2.43. The minimum atomic E-state index is -2.25. The molecule has 4 nitrogen and oxygen atoms in total. The van der Waals surface area contributed by atoms with Crippen LogP contribution in [0.1, 0.15) is 13.3 Å². The van der Waals surface area contributed by atoms with Gasteiger partial charge < -0.3 is 17.1 Å². The summed E-state index contributed by atoms with van der Waals surface area (Å²) in [4.78, 5) is 0. The molecule has 0 N–H and O–H groups in total. The molecule has 0 saturated carbocycles. The maximum atomic E-state index is 6.96. The fourth-order valence-electron chi connectivity index (χ4n) is 3.83. The summed E-state index contributed by atoms with van der Waals surface area (Å²) in [5, 5.41) is 0. The van der Waals surface area contributed by atoms with Gasteiger partial charge in [-0.2, -0.15) is 0 Å². The first kappa shape index (κ1) is 26.9. The van der Waals surface area contributed by atoms with Crippen LogP contribution in [0.25, 0.3) is 0 Å². The van der Waals surface area contributed by atoms with Gasteiger partial charge in [0.25, 0.3) is 0 Å². The number of ether oxygens (including phenoxy) is 1. The van der Waals surface area contributed by atoms with Gasteiger partial charge in [0, 0.05) is 21.8 Å². The normalized spacial score (nSPS) is 18.5. The Balaban J connectivity index is 5.30. The van der Waals surface area contributed by atoms with Gasteiger partial charge in [0.05, 0.1) is 0 Å². The first-order valence-electron chi connectivity index (χ1n) is 10.0. The highest BCUT2D eigenvalue weighted by Crippen LogP contribution is 2.32. The lowest BCUT2D eigenvalue weighted by Crippen LogP contribution is -2.58. The van der Waals surface area contributed by atoms with E-state index in [0.29, 0.717) is 0 Å². The molecule has 0 aliphatic carbocycles. The van der Waals surface area contributed by atoms with Gasteiger partial charge in [0.2, 0.25) is 0 Å². The van der Waals surface area contributed by atoms with Crippen molar-refractivity contribution in [3.8, 4) is 0 Å². The molecule has 158 valence electrons. The van der Waals surface area contributed by atoms with Crippen LogP contribution in [0.2, 0.25) is 83.2 Å². The van der Waals surface area contributed by atoms with Gasteiger partial charge in [-0.1, -0.05) is 26.6 Å². The van der Waals surface area contributed by atoms with E-state index in [1.54, 1.807) is 7.11 Å². The highest BCUT2D eigenvalue weighted by molar-refractivity contribution is 6.96. The summed E-state index contributed by atoms with van der Waals surface area (Å²) in [5.41, 5.74) is 1.28. The van der Waals surface area contributed by atoms with Crippen molar-refractivity contribution in [2.75, 3.05) is 13.7 Å². The van der Waals surface area contributed by atoms with Crippen LogP contribution in [0.4, 0.5) is 0 Å². The molecule has 0 aliphatic rings. The third-order valence-electron chi connectivity index (χ3n) is 4.08. The van der Waals surface area contributed by atoms with Crippen LogP contribution in [0, 0.1) is 0 Å². The first-order chi connectivity index (χ1) is 11.4. The van der Waals surface area contributed by atoms with Crippen molar-refractivity contribution in [2.45, 2.75) is 96.6 Å². The average molecular weight is 455 g/mol. The summed E-state index contributed by atoms with van der Waals surface area (Å²) >= 11 is 0. The summed E-state index contributed by atoms with van der Waals surface area (Å²) in [6, 6.07) is 2.14. The van der Waals surface area contributed by atoms with Crippen LogP contribution in [-0.2, 0) is 17.1 Å². The minimum Gasteiger partial charge on any atom is -0.437 e. The van der Waals surface area contributed by atoms with Crippen LogP contribution in [-0.4, -0.2) is 55.5 Å². The molecule has 0 aliphatic heterocycles. The summed E-state index contributed by atoms with van der Waals surface area (Å²) in [7, 11) is -7.32. The van der Waals surface area contributed by atoms with Crippen molar-refractivity contribution in [1.29, 1.82) is 0 Å². The monoisotopic (exact) mass is 454 g/mol. The Labute approximate surface area is 169 Å². The van der Waals surface area contributed by atoms with E-state index in [1.165, 1.54) is 5.67 Å². The van der Waals surface area contributed by atoms with Crippen molar-refractivity contribution in [1.82, 2.24) is 0 Å². The minimum absolute atomic E-state index is 0.820.